The van der Waals surface area contributed by atoms with Crippen molar-refractivity contribution < 1.29 is 0 Å². The van der Waals surface area contributed by atoms with Crippen molar-refractivity contribution in [3.8, 4) is 0 Å². The smallest absolute Gasteiger partial charge is 0.165 e. The molecule has 1 aromatic heterocycles. The minimum Gasteiger partial charge on any atom is -0.307 e. The normalized spacial score (nSPS) is 16.5. The number of tetrazole rings is 1. The molecule has 0 bridgehead atoms. The molecule has 1 aliphatic carbocycles. The van der Waals surface area contributed by atoms with E-state index in [1.807, 2.05) is 28.9 Å². The first-order chi connectivity index (χ1) is 9.25. The van der Waals surface area contributed by atoms with E-state index in [2.05, 4.69) is 27.8 Å². The predicted octanol–water partition coefficient (Wildman–Crippen LogP) is 2.19. The van der Waals surface area contributed by atoms with E-state index in [4.69, 9.17) is 11.6 Å². The molecule has 1 unspecified atom stereocenters. The molecule has 0 radical (unpaired) electrons. The summed E-state index contributed by atoms with van der Waals surface area (Å²) >= 11 is 6.23. The Morgan fingerprint density at radius 2 is 2.21 bits per heavy atom. The minimum absolute atomic E-state index is 0.0275. The second kappa shape index (κ2) is 5.27. The summed E-state index contributed by atoms with van der Waals surface area (Å²) in [6.07, 6.45) is 2.50. The van der Waals surface area contributed by atoms with E-state index in [0.29, 0.717) is 12.6 Å². The topological polar surface area (TPSA) is 55.6 Å². The van der Waals surface area contributed by atoms with Crippen LogP contribution in [0.1, 0.15) is 37.2 Å². The van der Waals surface area contributed by atoms with E-state index in [-0.39, 0.29) is 6.04 Å². The van der Waals surface area contributed by atoms with Gasteiger partial charge in [0.15, 0.2) is 5.82 Å². The van der Waals surface area contributed by atoms with Crippen LogP contribution >= 0.6 is 11.6 Å². The number of nitrogens with one attached hydrogen (secondary N) is 1. The van der Waals surface area contributed by atoms with E-state index >= 15 is 0 Å². The SMILES string of the molecule is CC(c1ccccc1Cl)n1nnnc1CNC1CC1. The highest BCUT2D eigenvalue weighted by molar-refractivity contribution is 6.31. The molecule has 100 valence electrons. The van der Waals surface area contributed by atoms with Crippen molar-refractivity contribution in [1.82, 2.24) is 25.5 Å². The number of rotatable bonds is 5. The number of benzene rings is 1. The summed E-state index contributed by atoms with van der Waals surface area (Å²) < 4.78 is 1.83. The van der Waals surface area contributed by atoms with Crippen LogP contribution in [0.4, 0.5) is 0 Å². The van der Waals surface area contributed by atoms with Gasteiger partial charge in [-0.05, 0) is 41.8 Å². The van der Waals surface area contributed by atoms with Crippen molar-refractivity contribution in [3.05, 3.63) is 40.7 Å². The average molecular weight is 278 g/mol. The van der Waals surface area contributed by atoms with Crippen molar-refractivity contribution in [3.63, 3.8) is 0 Å². The van der Waals surface area contributed by atoms with Gasteiger partial charge < -0.3 is 5.32 Å². The maximum absolute atomic E-state index is 6.23. The van der Waals surface area contributed by atoms with Gasteiger partial charge in [0.1, 0.15) is 0 Å². The molecular formula is C13H16ClN5. The molecule has 0 saturated heterocycles. The summed E-state index contributed by atoms with van der Waals surface area (Å²) in [5.41, 5.74) is 1.03. The Morgan fingerprint density at radius 1 is 1.42 bits per heavy atom. The lowest BCUT2D eigenvalue weighted by molar-refractivity contribution is 0.504. The highest BCUT2D eigenvalue weighted by atomic mass is 35.5. The Kier molecular flexibility index (Phi) is 3.48. The van der Waals surface area contributed by atoms with Crippen LogP contribution < -0.4 is 5.32 Å². The molecule has 0 aliphatic heterocycles. The number of halogens is 1. The van der Waals surface area contributed by atoms with E-state index in [1.54, 1.807) is 0 Å². The molecular weight excluding hydrogens is 262 g/mol. The molecule has 3 rings (SSSR count). The molecule has 19 heavy (non-hydrogen) atoms. The van der Waals surface area contributed by atoms with E-state index in [1.165, 1.54) is 12.8 Å². The van der Waals surface area contributed by atoms with Crippen molar-refractivity contribution in [2.45, 2.75) is 38.4 Å². The van der Waals surface area contributed by atoms with Crippen molar-refractivity contribution in [2.24, 2.45) is 0 Å². The molecule has 1 fully saturated rings. The van der Waals surface area contributed by atoms with Gasteiger partial charge in [-0.25, -0.2) is 4.68 Å². The third kappa shape index (κ3) is 2.77. The van der Waals surface area contributed by atoms with Gasteiger partial charge in [0.25, 0.3) is 0 Å². The second-order valence-electron chi connectivity index (χ2n) is 4.89. The molecule has 0 spiro atoms. The quantitative estimate of drug-likeness (QED) is 0.910. The Morgan fingerprint density at radius 3 is 2.95 bits per heavy atom. The molecule has 0 amide bonds. The summed E-state index contributed by atoms with van der Waals surface area (Å²) in [7, 11) is 0. The lowest BCUT2D eigenvalue weighted by Crippen LogP contribution is -2.21. The largest absolute Gasteiger partial charge is 0.307 e. The Balaban J connectivity index is 1.81. The molecule has 1 saturated carbocycles. The van der Waals surface area contributed by atoms with Crippen LogP contribution in [-0.2, 0) is 6.54 Å². The molecule has 1 heterocycles. The van der Waals surface area contributed by atoms with Crippen LogP contribution in [0.15, 0.2) is 24.3 Å². The van der Waals surface area contributed by atoms with Gasteiger partial charge in [-0.15, -0.1) is 5.10 Å². The highest BCUT2D eigenvalue weighted by Crippen LogP contribution is 2.25. The third-order valence-corrected chi connectivity index (χ3v) is 3.75. The second-order valence-corrected chi connectivity index (χ2v) is 5.30. The summed E-state index contributed by atoms with van der Waals surface area (Å²) in [5, 5.41) is 16.1. The number of aromatic nitrogens is 4. The highest BCUT2D eigenvalue weighted by Gasteiger charge is 2.22. The standard InChI is InChI=1S/C13H16ClN5/c1-9(11-4-2-3-5-12(11)14)19-13(16-17-18-19)8-15-10-6-7-10/h2-5,9-10,15H,6-8H2,1H3. The number of hydrogen-bond acceptors (Lipinski definition) is 4. The lowest BCUT2D eigenvalue weighted by atomic mass is 10.1. The fourth-order valence-electron chi connectivity index (χ4n) is 2.10. The lowest BCUT2D eigenvalue weighted by Gasteiger charge is -2.15. The van der Waals surface area contributed by atoms with Gasteiger partial charge in [-0.3, -0.25) is 0 Å². The molecule has 2 aromatic rings. The molecule has 1 atom stereocenters. The van der Waals surface area contributed by atoms with Crippen LogP contribution in [0.2, 0.25) is 5.02 Å². The van der Waals surface area contributed by atoms with E-state index in [0.717, 1.165) is 16.4 Å². The molecule has 6 heteroatoms. The predicted molar refractivity (Wildman–Crippen MR) is 72.9 cm³/mol. The summed E-state index contributed by atoms with van der Waals surface area (Å²) in [5.74, 6) is 0.847. The van der Waals surface area contributed by atoms with Gasteiger partial charge >= 0.3 is 0 Å². The van der Waals surface area contributed by atoms with Crippen LogP contribution in [0.3, 0.4) is 0 Å². The van der Waals surface area contributed by atoms with Crippen LogP contribution in [0, 0.1) is 0 Å². The van der Waals surface area contributed by atoms with Gasteiger partial charge in [-0.1, -0.05) is 29.8 Å². The van der Waals surface area contributed by atoms with Crippen molar-refractivity contribution >= 4 is 11.6 Å². The van der Waals surface area contributed by atoms with Crippen LogP contribution in [0.25, 0.3) is 0 Å². The summed E-state index contributed by atoms with van der Waals surface area (Å²) in [6.45, 7) is 2.75. The molecule has 5 nitrogen and oxygen atoms in total. The van der Waals surface area contributed by atoms with E-state index in [9.17, 15) is 0 Å². The number of hydrogen-bond donors (Lipinski definition) is 1. The van der Waals surface area contributed by atoms with Crippen molar-refractivity contribution in [2.75, 3.05) is 0 Å². The van der Waals surface area contributed by atoms with Crippen LogP contribution in [0.5, 0.6) is 0 Å². The first kappa shape index (κ1) is 12.6. The summed E-state index contributed by atoms with van der Waals surface area (Å²) in [6, 6.07) is 8.46. The van der Waals surface area contributed by atoms with Gasteiger partial charge in [0.05, 0.1) is 12.6 Å². The van der Waals surface area contributed by atoms with Crippen LogP contribution in [-0.4, -0.2) is 26.2 Å². The Hall–Kier alpha value is -1.46. The maximum atomic E-state index is 6.23. The number of nitrogens with zero attached hydrogens (tertiary/aromatic N) is 4. The molecule has 1 aliphatic rings. The maximum Gasteiger partial charge on any atom is 0.165 e. The fourth-order valence-corrected chi connectivity index (χ4v) is 2.39. The fraction of sp³-hybridized carbons (Fsp3) is 0.462. The zero-order valence-electron chi connectivity index (χ0n) is 10.8. The minimum atomic E-state index is 0.0275. The van der Waals surface area contributed by atoms with Gasteiger partial charge in [-0.2, -0.15) is 0 Å². The van der Waals surface area contributed by atoms with E-state index < -0.39 is 0 Å². The first-order valence-electron chi connectivity index (χ1n) is 6.50. The summed E-state index contributed by atoms with van der Waals surface area (Å²) in [4.78, 5) is 0. The average Bonchev–Trinajstić information content (AvgIpc) is 3.13. The first-order valence-corrected chi connectivity index (χ1v) is 6.88. The monoisotopic (exact) mass is 277 g/mol. The molecule has 1 N–H and O–H groups in total. The zero-order valence-corrected chi connectivity index (χ0v) is 11.5. The Labute approximate surface area is 117 Å². The Bertz CT molecular complexity index is 564. The van der Waals surface area contributed by atoms with Gasteiger partial charge in [0.2, 0.25) is 0 Å². The van der Waals surface area contributed by atoms with Crippen molar-refractivity contribution in [1.29, 1.82) is 0 Å². The zero-order chi connectivity index (χ0) is 13.2. The van der Waals surface area contributed by atoms with Gasteiger partial charge in [0, 0.05) is 11.1 Å². The molecule has 1 aromatic carbocycles. The third-order valence-electron chi connectivity index (χ3n) is 3.41.